The molecule has 3 heterocycles. The highest BCUT2D eigenvalue weighted by atomic mass is 15.2. The van der Waals surface area contributed by atoms with E-state index in [-0.39, 0.29) is 0 Å². The molecule has 2 unspecified atom stereocenters. The summed E-state index contributed by atoms with van der Waals surface area (Å²) in [7, 11) is 0. The minimum atomic E-state index is 0.599. The first kappa shape index (κ1) is 15.4. The second-order valence-electron chi connectivity index (χ2n) is 8.37. The number of H-pyrrole nitrogens is 1. The zero-order valence-electron chi connectivity index (χ0n) is 14.8. The van der Waals surface area contributed by atoms with E-state index in [0.29, 0.717) is 5.41 Å². The smallest absolute Gasteiger partial charge is 0.176 e. The van der Waals surface area contributed by atoms with E-state index >= 15 is 0 Å². The molecule has 0 bridgehead atoms. The van der Waals surface area contributed by atoms with Gasteiger partial charge in [0.25, 0.3) is 0 Å². The van der Waals surface area contributed by atoms with Crippen molar-refractivity contribution < 1.29 is 0 Å². The van der Waals surface area contributed by atoms with Gasteiger partial charge in [0.2, 0.25) is 0 Å². The molecule has 5 rings (SSSR count). The molecule has 1 aliphatic heterocycles. The summed E-state index contributed by atoms with van der Waals surface area (Å²) in [4.78, 5) is 11.6. The summed E-state index contributed by atoms with van der Waals surface area (Å²) < 4.78 is 0. The Morgan fingerprint density at radius 1 is 1.00 bits per heavy atom. The van der Waals surface area contributed by atoms with Crippen molar-refractivity contribution in [2.24, 2.45) is 17.3 Å². The van der Waals surface area contributed by atoms with E-state index in [4.69, 9.17) is 4.98 Å². The molecule has 0 aromatic carbocycles. The van der Waals surface area contributed by atoms with Crippen LogP contribution in [0.3, 0.4) is 0 Å². The number of allylic oxidation sites excluding steroid dienone is 2. The minimum Gasteiger partial charge on any atom is -0.355 e. The zero-order chi connectivity index (χ0) is 16.7. The Morgan fingerprint density at radius 2 is 1.72 bits per heavy atom. The highest BCUT2D eigenvalue weighted by Crippen LogP contribution is 2.54. The molecule has 5 nitrogen and oxygen atoms in total. The van der Waals surface area contributed by atoms with Crippen LogP contribution in [0.2, 0.25) is 0 Å². The maximum absolute atomic E-state index is 4.71. The molecule has 1 N–H and O–H groups in total. The molecule has 1 saturated heterocycles. The molecule has 0 amide bonds. The average Bonchev–Trinajstić information content (AvgIpc) is 3.20. The molecule has 2 aromatic heterocycles. The van der Waals surface area contributed by atoms with Crippen LogP contribution in [-0.2, 0) is 0 Å². The number of hydrogen-bond donors (Lipinski definition) is 1. The molecule has 2 aliphatic carbocycles. The highest BCUT2D eigenvalue weighted by molar-refractivity contribution is 5.70. The first-order valence-corrected chi connectivity index (χ1v) is 9.87. The van der Waals surface area contributed by atoms with Gasteiger partial charge in [-0.05, 0) is 68.6 Å². The molecule has 1 saturated carbocycles. The van der Waals surface area contributed by atoms with Gasteiger partial charge in [0.05, 0.1) is 12.4 Å². The summed E-state index contributed by atoms with van der Waals surface area (Å²) >= 11 is 0. The molecule has 132 valence electrons. The highest BCUT2D eigenvalue weighted by Gasteiger charge is 2.45. The molecule has 2 aromatic rings. The van der Waals surface area contributed by atoms with Crippen LogP contribution in [-0.4, -0.2) is 33.3 Å². The van der Waals surface area contributed by atoms with Crippen molar-refractivity contribution in [3.8, 4) is 0 Å². The van der Waals surface area contributed by atoms with Gasteiger partial charge in [-0.1, -0.05) is 12.2 Å². The second kappa shape index (κ2) is 6.11. The number of rotatable bonds is 1. The van der Waals surface area contributed by atoms with Gasteiger partial charge in [0, 0.05) is 13.1 Å². The summed E-state index contributed by atoms with van der Waals surface area (Å²) in [6, 6.07) is 0. The molecule has 2 fully saturated rings. The number of aromatic nitrogens is 4. The van der Waals surface area contributed by atoms with Gasteiger partial charge in [0.15, 0.2) is 5.65 Å². The maximum atomic E-state index is 4.71. The lowest BCUT2D eigenvalue weighted by atomic mass is 9.76. The third-order valence-corrected chi connectivity index (χ3v) is 6.93. The van der Waals surface area contributed by atoms with Crippen LogP contribution in [0.5, 0.6) is 0 Å². The Labute approximate surface area is 148 Å². The van der Waals surface area contributed by atoms with Crippen molar-refractivity contribution in [2.75, 3.05) is 18.0 Å². The van der Waals surface area contributed by atoms with E-state index in [1.807, 2.05) is 6.20 Å². The molecule has 5 heteroatoms. The van der Waals surface area contributed by atoms with Crippen LogP contribution in [0, 0.1) is 17.3 Å². The average molecular weight is 337 g/mol. The number of nitrogens with one attached hydrogen (secondary N) is 1. The van der Waals surface area contributed by atoms with Gasteiger partial charge >= 0.3 is 0 Å². The molecule has 1 spiro atoms. The lowest BCUT2D eigenvalue weighted by molar-refractivity contribution is 0.212. The third-order valence-electron chi connectivity index (χ3n) is 6.93. The molecule has 25 heavy (non-hydrogen) atoms. The fourth-order valence-electron chi connectivity index (χ4n) is 5.55. The Balaban J connectivity index is 1.28. The number of fused-ring (bicyclic) bond motifs is 2. The quantitative estimate of drug-likeness (QED) is 0.796. The SMILES string of the molecule is C1=CCCC2CC3(CCN(c4cnc5cn[nH]c5n4)CC3)CC2CC1. The molecule has 3 aliphatic rings. The number of piperidine rings is 1. The molecule has 2 atom stereocenters. The van der Waals surface area contributed by atoms with E-state index in [2.05, 4.69) is 32.2 Å². The predicted molar refractivity (Wildman–Crippen MR) is 99.4 cm³/mol. The molecular formula is C20H27N5. The fourth-order valence-corrected chi connectivity index (χ4v) is 5.55. The van der Waals surface area contributed by atoms with Gasteiger partial charge in [-0.15, -0.1) is 0 Å². The summed E-state index contributed by atoms with van der Waals surface area (Å²) in [6.45, 7) is 2.23. The third kappa shape index (κ3) is 2.83. The van der Waals surface area contributed by atoms with Crippen LogP contribution >= 0.6 is 0 Å². The Bertz CT molecular complexity index is 751. The van der Waals surface area contributed by atoms with E-state index in [1.54, 1.807) is 6.20 Å². The lowest BCUT2D eigenvalue weighted by Crippen LogP contribution is -2.39. The molecule has 0 radical (unpaired) electrons. The minimum absolute atomic E-state index is 0.599. The monoisotopic (exact) mass is 337 g/mol. The lowest BCUT2D eigenvalue weighted by Gasteiger charge is -2.40. The predicted octanol–water partition coefficient (Wildman–Crippen LogP) is 4.10. The summed E-state index contributed by atoms with van der Waals surface area (Å²) in [5.74, 6) is 2.94. The van der Waals surface area contributed by atoms with Crippen molar-refractivity contribution in [2.45, 2.75) is 51.4 Å². The van der Waals surface area contributed by atoms with Gasteiger partial charge in [-0.2, -0.15) is 5.10 Å². The van der Waals surface area contributed by atoms with Crippen LogP contribution < -0.4 is 4.90 Å². The van der Waals surface area contributed by atoms with Crippen LogP contribution in [0.25, 0.3) is 11.2 Å². The summed E-state index contributed by atoms with van der Waals surface area (Å²) in [5, 5.41) is 6.97. The topological polar surface area (TPSA) is 57.7 Å². The Morgan fingerprint density at radius 3 is 2.44 bits per heavy atom. The van der Waals surface area contributed by atoms with Crippen LogP contribution in [0.4, 0.5) is 5.82 Å². The Hall–Kier alpha value is -1.91. The second-order valence-corrected chi connectivity index (χ2v) is 8.37. The first-order chi connectivity index (χ1) is 12.3. The largest absolute Gasteiger partial charge is 0.355 e. The van der Waals surface area contributed by atoms with Crippen molar-refractivity contribution >= 4 is 17.0 Å². The van der Waals surface area contributed by atoms with E-state index in [0.717, 1.165) is 41.9 Å². The van der Waals surface area contributed by atoms with E-state index in [1.165, 1.54) is 51.4 Å². The van der Waals surface area contributed by atoms with Crippen molar-refractivity contribution in [1.82, 2.24) is 20.2 Å². The van der Waals surface area contributed by atoms with E-state index in [9.17, 15) is 0 Å². The van der Waals surface area contributed by atoms with Gasteiger partial charge in [-0.3, -0.25) is 5.10 Å². The van der Waals surface area contributed by atoms with Crippen molar-refractivity contribution in [3.63, 3.8) is 0 Å². The first-order valence-electron chi connectivity index (χ1n) is 9.87. The Kier molecular flexibility index (Phi) is 3.75. The normalized spacial score (nSPS) is 28.9. The number of nitrogens with zero attached hydrogens (tertiary/aromatic N) is 4. The number of anilines is 1. The van der Waals surface area contributed by atoms with Crippen LogP contribution in [0.1, 0.15) is 51.4 Å². The van der Waals surface area contributed by atoms with Crippen LogP contribution in [0.15, 0.2) is 24.5 Å². The van der Waals surface area contributed by atoms with Crippen molar-refractivity contribution in [3.05, 3.63) is 24.5 Å². The van der Waals surface area contributed by atoms with E-state index < -0.39 is 0 Å². The zero-order valence-corrected chi connectivity index (χ0v) is 14.8. The summed E-state index contributed by atoms with van der Waals surface area (Å²) in [6.07, 6.45) is 19.4. The number of hydrogen-bond acceptors (Lipinski definition) is 4. The summed E-state index contributed by atoms with van der Waals surface area (Å²) in [5.41, 5.74) is 2.24. The standard InChI is InChI=1S/C20H27N5/c1-2-4-6-16-12-20(11-15(16)5-3-1)7-9-25(10-8-20)18-14-21-17-13-22-24-19(17)23-18/h1-2,13-16H,3-12H2,(H,22,23,24). The van der Waals surface area contributed by atoms with Gasteiger partial charge in [-0.25, -0.2) is 9.97 Å². The van der Waals surface area contributed by atoms with Gasteiger partial charge < -0.3 is 4.90 Å². The number of aromatic amines is 1. The fraction of sp³-hybridized carbons (Fsp3) is 0.650. The maximum Gasteiger partial charge on any atom is 0.176 e. The molecular weight excluding hydrogens is 310 g/mol. The van der Waals surface area contributed by atoms with Crippen molar-refractivity contribution in [1.29, 1.82) is 0 Å². The van der Waals surface area contributed by atoms with Gasteiger partial charge in [0.1, 0.15) is 11.3 Å².